The summed E-state index contributed by atoms with van der Waals surface area (Å²) in [6.07, 6.45) is 0.896. The van der Waals surface area contributed by atoms with Crippen LogP contribution in [0.2, 0.25) is 0 Å². The van der Waals surface area contributed by atoms with Gasteiger partial charge < -0.3 is 0 Å². The number of aromatic nitrogens is 1. The summed E-state index contributed by atoms with van der Waals surface area (Å²) < 4.78 is 27.0. The number of hydrogen-bond donors (Lipinski definition) is 1. The number of nitrogens with zero attached hydrogens (tertiary/aromatic N) is 1. The molecule has 0 aliphatic carbocycles. The van der Waals surface area contributed by atoms with Crippen LogP contribution in [0.5, 0.6) is 0 Å². The van der Waals surface area contributed by atoms with Gasteiger partial charge in [0.25, 0.3) is 0 Å². The molecule has 1 aromatic carbocycles. The van der Waals surface area contributed by atoms with Crippen molar-refractivity contribution in [3.05, 3.63) is 45.4 Å². The third kappa shape index (κ3) is 3.45. The van der Waals surface area contributed by atoms with Gasteiger partial charge in [-0.25, -0.2) is 18.1 Å². The third-order valence-corrected chi connectivity index (χ3v) is 5.55. The fourth-order valence-corrected chi connectivity index (χ4v) is 3.85. The Balaban J connectivity index is 2.12. The predicted molar refractivity (Wildman–Crippen MR) is 81.4 cm³/mol. The van der Waals surface area contributed by atoms with E-state index in [0.29, 0.717) is 4.90 Å². The molecular formula is C14H18N2O2S2. The number of rotatable bonds is 5. The van der Waals surface area contributed by atoms with E-state index in [1.54, 1.807) is 12.1 Å². The van der Waals surface area contributed by atoms with E-state index in [9.17, 15) is 8.42 Å². The summed E-state index contributed by atoms with van der Waals surface area (Å²) in [5.41, 5.74) is 2.01. The number of aryl methyl sites for hydroxylation is 3. The Labute approximate surface area is 123 Å². The number of hydrogen-bond acceptors (Lipinski definition) is 4. The largest absolute Gasteiger partial charge is 0.247 e. The van der Waals surface area contributed by atoms with E-state index in [4.69, 9.17) is 0 Å². The first kappa shape index (κ1) is 15.2. The molecule has 2 rings (SSSR count). The van der Waals surface area contributed by atoms with Crippen LogP contribution in [0, 0.1) is 13.8 Å². The molecular weight excluding hydrogens is 292 g/mol. The van der Waals surface area contributed by atoms with Crippen LogP contribution in [-0.2, 0) is 23.0 Å². The lowest BCUT2D eigenvalue weighted by molar-refractivity contribution is 0.581. The zero-order valence-electron chi connectivity index (χ0n) is 11.8. The maximum absolute atomic E-state index is 12.2. The fraction of sp³-hybridized carbons (Fsp3) is 0.357. The predicted octanol–water partition coefficient (Wildman–Crippen LogP) is 2.80. The molecule has 2 aromatic rings. The summed E-state index contributed by atoms with van der Waals surface area (Å²) in [7, 11) is -3.46. The highest BCUT2D eigenvalue weighted by Crippen LogP contribution is 2.18. The molecule has 108 valence electrons. The maximum Gasteiger partial charge on any atom is 0.240 e. The Morgan fingerprint density at radius 3 is 2.35 bits per heavy atom. The van der Waals surface area contributed by atoms with Crippen molar-refractivity contribution in [2.45, 2.75) is 38.6 Å². The molecule has 0 saturated carbocycles. The third-order valence-electron chi connectivity index (χ3n) is 3.06. The summed E-state index contributed by atoms with van der Waals surface area (Å²) in [5.74, 6) is 0. The smallest absolute Gasteiger partial charge is 0.240 e. The van der Waals surface area contributed by atoms with Gasteiger partial charge in [0, 0.05) is 11.4 Å². The van der Waals surface area contributed by atoms with Crippen LogP contribution in [0.15, 0.2) is 29.2 Å². The minimum atomic E-state index is -3.46. The van der Waals surface area contributed by atoms with Gasteiger partial charge in [-0.15, -0.1) is 11.3 Å². The Morgan fingerprint density at radius 2 is 1.85 bits per heavy atom. The number of benzene rings is 1. The molecule has 1 aromatic heterocycles. The molecule has 0 atom stereocenters. The van der Waals surface area contributed by atoms with Crippen LogP contribution in [-0.4, -0.2) is 13.4 Å². The molecule has 0 spiro atoms. The van der Waals surface area contributed by atoms with Gasteiger partial charge in [0.15, 0.2) is 0 Å². The summed E-state index contributed by atoms with van der Waals surface area (Å²) in [6.45, 7) is 6.13. The van der Waals surface area contributed by atoms with Crippen LogP contribution < -0.4 is 4.72 Å². The van der Waals surface area contributed by atoms with Gasteiger partial charge in [-0.1, -0.05) is 19.1 Å². The number of thiazole rings is 1. The van der Waals surface area contributed by atoms with E-state index in [0.717, 1.165) is 27.6 Å². The monoisotopic (exact) mass is 310 g/mol. The maximum atomic E-state index is 12.2. The van der Waals surface area contributed by atoms with E-state index in [1.807, 2.05) is 32.9 Å². The van der Waals surface area contributed by atoms with Gasteiger partial charge in [-0.2, -0.15) is 0 Å². The van der Waals surface area contributed by atoms with E-state index in [2.05, 4.69) is 9.71 Å². The lowest BCUT2D eigenvalue weighted by Gasteiger charge is -2.06. The van der Waals surface area contributed by atoms with Crippen molar-refractivity contribution >= 4 is 21.4 Å². The highest BCUT2D eigenvalue weighted by molar-refractivity contribution is 7.89. The van der Waals surface area contributed by atoms with Crippen molar-refractivity contribution in [2.75, 3.05) is 0 Å². The molecule has 0 radical (unpaired) electrons. The molecule has 1 N–H and O–H groups in total. The summed E-state index contributed by atoms with van der Waals surface area (Å²) >= 11 is 1.52. The van der Waals surface area contributed by atoms with Crippen molar-refractivity contribution in [3.8, 4) is 0 Å². The SMILES string of the molecule is CCc1ccc(S(=O)(=O)NCc2sc(C)nc2C)cc1. The molecule has 4 nitrogen and oxygen atoms in total. The molecule has 0 amide bonds. The second-order valence-electron chi connectivity index (χ2n) is 4.56. The topological polar surface area (TPSA) is 59.1 Å². The Bertz CT molecular complexity index is 688. The molecule has 0 saturated heterocycles. The molecule has 0 aliphatic rings. The lowest BCUT2D eigenvalue weighted by atomic mass is 10.2. The van der Waals surface area contributed by atoms with Gasteiger partial charge >= 0.3 is 0 Å². The van der Waals surface area contributed by atoms with Crippen molar-refractivity contribution in [1.82, 2.24) is 9.71 Å². The fourth-order valence-electron chi connectivity index (χ4n) is 1.89. The van der Waals surface area contributed by atoms with Gasteiger partial charge in [0.1, 0.15) is 0 Å². The van der Waals surface area contributed by atoms with Crippen LogP contribution in [0.25, 0.3) is 0 Å². The first-order chi connectivity index (χ1) is 9.42. The van der Waals surface area contributed by atoms with Gasteiger partial charge in [0.2, 0.25) is 10.0 Å². The van der Waals surface area contributed by atoms with E-state index >= 15 is 0 Å². The summed E-state index contributed by atoms with van der Waals surface area (Å²) in [4.78, 5) is 5.55. The second-order valence-corrected chi connectivity index (χ2v) is 7.62. The van der Waals surface area contributed by atoms with E-state index < -0.39 is 10.0 Å². The summed E-state index contributed by atoms with van der Waals surface area (Å²) in [6, 6.07) is 6.98. The van der Waals surface area contributed by atoms with E-state index in [1.165, 1.54) is 11.3 Å². The average molecular weight is 310 g/mol. The zero-order chi connectivity index (χ0) is 14.8. The first-order valence-corrected chi connectivity index (χ1v) is 8.74. The molecule has 1 heterocycles. The average Bonchev–Trinajstić information content (AvgIpc) is 2.75. The highest BCUT2D eigenvalue weighted by atomic mass is 32.2. The molecule has 20 heavy (non-hydrogen) atoms. The van der Waals surface area contributed by atoms with Crippen LogP contribution >= 0.6 is 11.3 Å². The van der Waals surface area contributed by atoms with Gasteiger partial charge in [0.05, 0.1) is 15.6 Å². The lowest BCUT2D eigenvalue weighted by Crippen LogP contribution is -2.23. The number of sulfonamides is 1. The van der Waals surface area contributed by atoms with Gasteiger partial charge in [-0.3, -0.25) is 0 Å². The van der Waals surface area contributed by atoms with Crippen molar-refractivity contribution in [3.63, 3.8) is 0 Å². The van der Waals surface area contributed by atoms with E-state index in [-0.39, 0.29) is 6.54 Å². The molecule has 0 aliphatic heterocycles. The van der Waals surface area contributed by atoms with Gasteiger partial charge in [-0.05, 0) is 38.0 Å². The minimum absolute atomic E-state index is 0.287. The van der Waals surface area contributed by atoms with Crippen molar-refractivity contribution < 1.29 is 8.42 Å². The molecule has 6 heteroatoms. The Morgan fingerprint density at radius 1 is 1.20 bits per heavy atom. The van der Waals surface area contributed by atoms with Crippen LogP contribution in [0.1, 0.15) is 28.1 Å². The van der Waals surface area contributed by atoms with Crippen LogP contribution in [0.3, 0.4) is 0 Å². The normalized spacial score (nSPS) is 11.8. The first-order valence-electron chi connectivity index (χ1n) is 6.44. The Hall–Kier alpha value is -1.24. The molecule has 0 unspecified atom stereocenters. The molecule has 0 fully saturated rings. The minimum Gasteiger partial charge on any atom is -0.247 e. The Kier molecular flexibility index (Phi) is 4.57. The summed E-state index contributed by atoms with van der Waals surface area (Å²) in [5, 5.41) is 0.948. The quantitative estimate of drug-likeness (QED) is 0.924. The second kappa shape index (κ2) is 6.03. The molecule has 0 bridgehead atoms. The van der Waals surface area contributed by atoms with Crippen LogP contribution in [0.4, 0.5) is 0 Å². The van der Waals surface area contributed by atoms with Crippen molar-refractivity contribution in [2.24, 2.45) is 0 Å². The number of nitrogens with one attached hydrogen (secondary N) is 1. The van der Waals surface area contributed by atoms with Crippen molar-refractivity contribution in [1.29, 1.82) is 0 Å². The zero-order valence-corrected chi connectivity index (χ0v) is 13.4. The highest BCUT2D eigenvalue weighted by Gasteiger charge is 2.15. The standard InChI is InChI=1S/C14H18N2O2S2/c1-4-12-5-7-13(8-6-12)20(17,18)15-9-14-10(2)16-11(3)19-14/h5-8,15H,4,9H2,1-3H3.